The topological polar surface area (TPSA) is 86.3 Å². The summed E-state index contributed by atoms with van der Waals surface area (Å²) in [6, 6.07) is 5.37. The lowest BCUT2D eigenvalue weighted by Crippen LogP contribution is -2.39. The van der Waals surface area contributed by atoms with Gasteiger partial charge in [-0.3, -0.25) is 9.89 Å². The Hall–Kier alpha value is -2.70. The normalized spacial score (nSPS) is 18.0. The molecule has 1 fully saturated rings. The van der Waals surface area contributed by atoms with Crippen LogP contribution >= 0.6 is 0 Å². The number of amides is 1. The second-order valence-electron chi connectivity index (χ2n) is 5.49. The first-order valence-corrected chi connectivity index (χ1v) is 7.41. The van der Waals surface area contributed by atoms with Crippen LogP contribution in [0.4, 0.5) is 4.39 Å². The zero-order chi connectivity index (χ0) is 16.4. The Morgan fingerprint density at radius 2 is 2.04 bits per heavy atom. The molecule has 0 spiro atoms. The first-order valence-electron chi connectivity index (χ1n) is 7.41. The summed E-state index contributed by atoms with van der Waals surface area (Å²) in [7, 11) is 0. The summed E-state index contributed by atoms with van der Waals surface area (Å²) in [5.41, 5.74) is 0.431. The Morgan fingerprint density at radius 3 is 2.78 bits per heavy atom. The second-order valence-corrected chi connectivity index (χ2v) is 5.49. The number of nitrogens with one attached hydrogen (secondary N) is 1. The number of carboxylic acid groups (broad SMARTS) is 1. The number of carboxylic acids is 1. The van der Waals surface area contributed by atoms with Gasteiger partial charge in [-0.1, -0.05) is 12.1 Å². The third kappa shape index (κ3) is 2.81. The average Bonchev–Trinajstić information content (AvgIpc) is 3.04. The quantitative estimate of drug-likeness (QED) is 0.911. The third-order valence-corrected chi connectivity index (χ3v) is 4.10. The third-order valence-electron chi connectivity index (χ3n) is 4.10. The van der Waals surface area contributed by atoms with E-state index >= 15 is 0 Å². The van der Waals surface area contributed by atoms with Crippen molar-refractivity contribution in [2.45, 2.75) is 25.3 Å². The van der Waals surface area contributed by atoms with Crippen LogP contribution in [0, 0.1) is 5.82 Å². The van der Waals surface area contributed by atoms with Crippen molar-refractivity contribution in [3.05, 3.63) is 53.1 Å². The van der Waals surface area contributed by atoms with Gasteiger partial charge in [0.25, 0.3) is 5.91 Å². The van der Waals surface area contributed by atoms with Crippen LogP contribution in [0.3, 0.4) is 0 Å². The van der Waals surface area contributed by atoms with Gasteiger partial charge in [0.1, 0.15) is 11.4 Å². The fourth-order valence-corrected chi connectivity index (χ4v) is 2.98. The van der Waals surface area contributed by atoms with Gasteiger partial charge < -0.3 is 10.0 Å². The number of hydrogen-bond acceptors (Lipinski definition) is 3. The van der Waals surface area contributed by atoms with Gasteiger partial charge in [0.05, 0.1) is 23.5 Å². The van der Waals surface area contributed by atoms with Gasteiger partial charge in [-0.2, -0.15) is 5.10 Å². The summed E-state index contributed by atoms with van der Waals surface area (Å²) < 4.78 is 13.9. The predicted octanol–water partition coefficient (Wildman–Crippen LogP) is 2.61. The van der Waals surface area contributed by atoms with Gasteiger partial charge in [0.15, 0.2) is 0 Å². The number of carbonyl (C=O) groups excluding carboxylic acids is 1. The van der Waals surface area contributed by atoms with Crippen LogP contribution in [0.5, 0.6) is 0 Å². The fraction of sp³-hybridized carbons (Fsp3) is 0.312. The first kappa shape index (κ1) is 15.2. The van der Waals surface area contributed by atoms with Crippen molar-refractivity contribution in [2.75, 3.05) is 6.54 Å². The molecule has 3 rings (SSSR count). The van der Waals surface area contributed by atoms with Crippen LogP contribution in [0.25, 0.3) is 0 Å². The van der Waals surface area contributed by atoms with Gasteiger partial charge in [-0.15, -0.1) is 0 Å². The molecule has 2 aromatic rings. The van der Waals surface area contributed by atoms with Crippen molar-refractivity contribution in [3.63, 3.8) is 0 Å². The van der Waals surface area contributed by atoms with Crippen LogP contribution in [-0.2, 0) is 0 Å². The Balaban J connectivity index is 1.96. The van der Waals surface area contributed by atoms with E-state index in [1.165, 1.54) is 29.3 Å². The van der Waals surface area contributed by atoms with Crippen molar-refractivity contribution in [3.8, 4) is 0 Å². The summed E-state index contributed by atoms with van der Waals surface area (Å²) >= 11 is 0. The summed E-state index contributed by atoms with van der Waals surface area (Å²) in [5, 5.41) is 15.7. The molecule has 0 saturated carbocycles. The number of nitrogens with zero attached hydrogens (tertiary/aromatic N) is 2. The van der Waals surface area contributed by atoms with Crippen LogP contribution in [0.2, 0.25) is 0 Å². The highest BCUT2D eigenvalue weighted by molar-refractivity contribution is 5.95. The molecule has 1 unspecified atom stereocenters. The van der Waals surface area contributed by atoms with E-state index in [0.717, 1.165) is 12.8 Å². The van der Waals surface area contributed by atoms with Gasteiger partial charge >= 0.3 is 5.97 Å². The lowest BCUT2D eigenvalue weighted by Gasteiger charge is -2.35. The molecule has 0 bridgehead atoms. The Bertz CT molecular complexity index is 744. The number of aromatic amines is 1. The molecule has 7 heteroatoms. The maximum Gasteiger partial charge on any atom is 0.339 e. The molecule has 0 radical (unpaired) electrons. The molecule has 2 heterocycles. The molecule has 1 amide bonds. The lowest BCUT2D eigenvalue weighted by molar-refractivity contribution is 0.0585. The molecule has 1 aliphatic rings. The highest BCUT2D eigenvalue weighted by Crippen LogP contribution is 2.33. The average molecular weight is 317 g/mol. The van der Waals surface area contributed by atoms with Gasteiger partial charge in [-0.05, 0) is 31.4 Å². The van der Waals surface area contributed by atoms with Crippen LogP contribution < -0.4 is 0 Å². The maximum absolute atomic E-state index is 13.9. The van der Waals surface area contributed by atoms with Gasteiger partial charge in [0.2, 0.25) is 0 Å². The van der Waals surface area contributed by atoms with Gasteiger partial charge in [-0.25, -0.2) is 9.18 Å². The first-order chi connectivity index (χ1) is 11.1. The number of carbonyl (C=O) groups is 2. The number of halogens is 1. The van der Waals surface area contributed by atoms with Crippen molar-refractivity contribution >= 4 is 11.9 Å². The molecule has 2 N–H and O–H groups in total. The highest BCUT2D eigenvalue weighted by atomic mass is 19.1. The largest absolute Gasteiger partial charge is 0.478 e. The van der Waals surface area contributed by atoms with E-state index in [-0.39, 0.29) is 11.1 Å². The zero-order valence-electron chi connectivity index (χ0n) is 12.3. The van der Waals surface area contributed by atoms with Crippen molar-refractivity contribution in [2.24, 2.45) is 0 Å². The molecule has 0 aliphatic carbocycles. The molecule has 1 aromatic heterocycles. The summed E-state index contributed by atoms with van der Waals surface area (Å²) in [6.45, 7) is 0.454. The maximum atomic E-state index is 13.9. The van der Waals surface area contributed by atoms with E-state index in [4.69, 9.17) is 0 Å². The van der Waals surface area contributed by atoms with E-state index < -0.39 is 23.7 Å². The molecule has 6 nitrogen and oxygen atoms in total. The lowest BCUT2D eigenvalue weighted by atomic mass is 9.96. The fourth-order valence-electron chi connectivity index (χ4n) is 2.98. The number of aromatic nitrogens is 2. The number of likely N-dealkylation sites (tertiary alicyclic amines) is 1. The molecular weight excluding hydrogens is 301 g/mol. The number of hydrogen-bond donors (Lipinski definition) is 2. The zero-order valence-corrected chi connectivity index (χ0v) is 12.3. The predicted molar refractivity (Wildman–Crippen MR) is 79.6 cm³/mol. The molecule has 1 saturated heterocycles. The Kier molecular flexibility index (Phi) is 4.10. The molecule has 120 valence electrons. The summed E-state index contributed by atoms with van der Waals surface area (Å²) in [5.74, 6) is -2.11. The van der Waals surface area contributed by atoms with Gasteiger partial charge in [0, 0.05) is 6.54 Å². The van der Waals surface area contributed by atoms with E-state index in [1.807, 2.05) is 0 Å². The van der Waals surface area contributed by atoms with Crippen LogP contribution in [0.1, 0.15) is 51.7 Å². The molecule has 1 aromatic carbocycles. The number of rotatable bonds is 3. The molecule has 1 aliphatic heterocycles. The minimum Gasteiger partial charge on any atom is -0.478 e. The number of aromatic carboxylic acids is 1. The smallest absolute Gasteiger partial charge is 0.339 e. The van der Waals surface area contributed by atoms with Crippen molar-refractivity contribution in [1.82, 2.24) is 15.1 Å². The second kappa shape index (κ2) is 6.20. The standard InChI is InChI=1S/C16H16FN3O3/c17-12-6-2-1-5-10(12)15(21)20-8-4-3-7-13(20)14-11(16(22)23)9-18-19-14/h1-2,5-6,9,13H,3-4,7-8H2,(H,18,19)(H,22,23). The monoisotopic (exact) mass is 317 g/mol. The van der Waals surface area contributed by atoms with Crippen LogP contribution in [0.15, 0.2) is 30.5 Å². The van der Waals surface area contributed by atoms with E-state index in [9.17, 15) is 19.1 Å². The summed E-state index contributed by atoms with van der Waals surface area (Å²) in [6.07, 6.45) is 3.51. The Labute approximate surface area is 131 Å². The number of H-pyrrole nitrogens is 1. The molecule has 23 heavy (non-hydrogen) atoms. The van der Waals surface area contributed by atoms with E-state index in [0.29, 0.717) is 18.7 Å². The van der Waals surface area contributed by atoms with Crippen LogP contribution in [-0.4, -0.2) is 38.6 Å². The Morgan fingerprint density at radius 1 is 1.26 bits per heavy atom. The van der Waals surface area contributed by atoms with E-state index in [1.54, 1.807) is 6.07 Å². The summed E-state index contributed by atoms with van der Waals surface area (Å²) in [4.78, 5) is 25.5. The minimum absolute atomic E-state index is 0.00390. The van der Waals surface area contributed by atoms with Crippen molar-refractivity contribution < 1.29 is 19.1 Å². The SMILES string of the molecule is O=C(O)c1cn[nH]c1C1CCCCN1C(=O)c1ccccc1F. The number of piperidine rings is 1. The molecule has 1 atom stereocenters. The van der Waals surface area contributed by atoms with Crippen molar-refractivity contribution in [1.29, 1.82) is 0 Å². The minimum atomic E-state index is -1.10. The highest BCUT2D eigenvalue weighted by Gasteiger charge is 2.33. The van der Waals surface area contributed by atoms with E-state index in [2.05, 4.69) is 10.2 Å². The number of benzene rings is 1. The molecular formula is C16H16FN3O3.